The maximum atomic E-state index is 12.1. The number of nitrogens with one attached hydrogen (secondary N) is 1. The third-order valence-electron chi connectivity index (χ3n) is 3.32. The van der Waals surface area contributed by atoms with Gasteiger partial charge in [-0.25, -0.2) is 0 Å². The van der Waals surface area contributed by atoms with Crippen molar-refractivity contribution in [3.05, 3.63) is 57.8 Å². The van der Waals surface area contributed by atoms with E-state index in [1.807, 2.05) is 36.6 Å². The van der Waals surface area contributed by atoms with Crippen LogP contribution in [0.1, 0.15) is 10.9 Å². The number of amides is 1. The average molecular weight is 312 g/mol. The second-order valence-electron chi connectivity index (χ2n) is 4.52. The normalized spacial score (nSPS) is 18.5. The van der Waals surface area contributed by atoms with Gasteiger partial charge in [-0.05, 0) is 22.6 Å². The van der Waals surface area contributed by atoms with Crippen molar-refractivity contribution in [2.24, 2.45) is 0 Å². The van der Waals surface area contributed by atoms with Gasteiger partial charge in [0.15, 0.2) is 0 Å². The minimum atomic E-state index is -0.293. The second-order valence-corrected chi connectivity index (χ2v) is 6.71. The fraction of sp³-hybridized carbons (Fsp3) is 0.125. The predicted octanol–water partition coefficient (Wildman–Crippen LogP) is 3.80. The Labute approximate surface area is 131 Å². The topological polar surface area (TPSA) is 52.9 Å². The van der Waals surface area contributed by atoms with Crippen LogP contribution < -0.4 is 5.32 Å². The summed E-state index contributed by atoms with van der Waals surface area (Å²) in [7, 11) is 0. The molecular weight excluding hydrogens is 300 g/mol. The fourth-order valence-electron chi connectivity index (χ4n) is 2.35. The molecule has 104 valence electrons. The third-order valence-corrected chi connectivity index (χ3v) is 5.71. The molecule has 0 fully saturated rings. The Hall–Kier alpha value is -1.90. The highest BCUT2D eigenvalue weighted by molar-refractivity contribution is 8.22. The number of hydrogen-bond acceptors (Lipinski definition) is 4. The molecule has 2 aromatic rings. The highest BCUT2D eigenvalue weighted by atomic mass is 32.2. The zero-order valence-electron chi connectivity index (χ0n) is 11.3. The maximum absolute atomic E-state index is 12.1. The number of thioether (sulfide) groups is 2. The highest BCUT2D eigenvalue weighted by Crippen LogP contribution is 2.44. The van der Waals surface area contributed by atoms with Gasteiger partial charge in [0.2, 0.25) is 0 Å². The first-order valence-corrected chi connectivity index (χ1v) is 8.48. The molecule has 0 unspecified atom stereocenters. The van der Waals surface area contributed by atoms with Crippen molar-refractivity contribution in [1.82, 2.24) is 5.32 Å². The zero-order chi connectivity index (χ0) is 14.8. The first-order chi connectivity index (χ1) is 10.2. The van der Waals surface area contributed by atoms with Crippen LogP contribution in [-0.2, 0) is 4.79 Å². The Balaban J connectivity index is 2.08. The maximum Gasteiger partial charge on any atom is 0.264 e. The van der Waals surface area contributed by atoms with Crippen LogP contribution in [-0.4, -0.2) is 12.2 Å². The van der Waals surface area contributed by atoms with Crippen molar-refractivity contribution in [2.45, 2.75) is 5.37 Å². The summed E-state index contributed by atoms with van der Waals surface area (Å²) in [6.07, 6.45) is 1.89. The number of fused-ring (bicyclic) bond motifs is 1. The van der Waals surface area contributed by atoms with Crippen LogP contribution in [0.5, 0.6) is 0 Å². The van der Waals surface area contributed by atoms with Gasteiger partial charge in [0, 0.05) is 0 Å². The van der Waals surface area contributed by atoms with E-state index >= 15 is 0 Å². The lowest BCUT2D eigenvalue weighted by atomic mass is 10.0. The minimum Gasteiger partial charge on any atom is -0.335 e. The van der Waals surface area contributed by atoms with E-state index in [0.717, 1.165) is 20.6 Å². The van der Waals surface area contributed by atoms with Crippen molar-refractivity contribution >= 4 is 40.2 Å². The molecule has 0 saturated carbocycles. The minimum absolute atomic E-state index is 0.164. The van der Waals surface area contributed by atoms with E-state index in [9.17, 15) is 4.79 Å². The van der Waals surface area contributed by atoms with Gasteiger partial charge in [-0.15, -0.1) is 11.8 Å². The van der Waals surface area contributed by atoms with E-state index in [-0.39, 0.29) is 16.9 Å². The van der Waals surface area contributed by atoms with E-state index in [2.05, 4.69) is 23.5 Å². The molecule has 1 amide bonds. The Morgan fingerprint density at radius 3 is 2.76 bits per heavy atom. The third kappa shape index (κ3) is 2.53. The number of benzene rings is 2. The molecule has 0 radical (unpaired) electrons. The molecule has 1 heterocycles. The van der Waals surface area contributed by atoms with Gasteiger partial charge in [-0.2, -0.15) is 5.26 Å². The Kier molecular flexibility index (Phi) is 3.91. The summed E-state index contributed by atoms with van der Waals surface area (Å²) in [6, 6.07) is 16.2. The van der Waals surface area contributed by atoms with Crippen molar-refractivity contribution in [3.8, 4) is 6.07 Å². The molecule has 1 N–H and O–H groups in total. The molecule has 3 rings (SSSR count). The van der Waals surface area contributed by atoms with Crippen molar-refractivity contribution in [2.75, 3.05) is 6.26 Å². The van der Waals surface area contributed by atoms with Gasteiger partial charge in [0.25, 0.3) is 5.91 Å². The zero-order valence-corrected chi connectivity index (χ0v) is 12.9. The first-order valence-electron chi connectivity index (χ1n) is 6.38. The average Bonchev–Trinajstić information content (AvgIpc) is 2.53. The van der Waals surface area contributed by atoms with Gasteiger partial charge in [0.05, 0.1) is 4.24 Å². The number of nitriles is 1. The van der Waals surface area contributed by atoms with Crippen LogP contribution in [0.15, 0.2) is 52.3 Å². The summed E-state index contributed by atoms with van der Waals surface area (Å²) in [5.74, 6) is -0.293. The van der Waals surface area contributed by atoms with Crippen LogP contribution in [0.25, 0.3) is 10.8 Å². The number of hydrogen-bond donors (Lipinski definition) is 1. The molecule has 0 bridgehead atoms. The van der Waals surface area contributed by atoms with E-state index < -0.39 is 0 Å². The Morgan fingerprint density at radius 1 is 1.24 bits per heavy atom. The van der Waals surface area contributed by atoms with Crippen molar-refractivity contribution in [3.63, 3.8) is 0 Å². The molecule has 3 nitrogen and oxygen atoms in total. The first kappa shape index (κ1) is 14.1. The molecule has 2 aromatic carbocycles. The molecule has 1 aliphatic heterocycles. The smallest absolute Gasteiger partial charge is 0.264 e. The SMILES string of the molecule is CSC1=C(C#N)C(=O)N[C@@H](c2cccc3ccccc23)S1. The van der Waals surface area contributed by atoms with Gasteiger partial charge in [-0.3, -0.25) is 4.79 Å². The summed E-state index contributed by atoms with van der Waals surface area (Å²) >= 11 is 2.97. The summed E-state index contributed by atoms with van der Waals surface area (Å²) < 4.78 is 0.777. The largest absolute Gasteiger partial charge is 0.335 e. The fourth-order valence-corrected chi connectivity index (χ4v) is 4.33. The van der Waals surface area contributed by atoms with E-state index in [0.29, 0.717) is 0 Å². The number of rotatable bonds is 2. The van der Waals surface area contributed by atoms with Crippen LogP contribution in [0, 0.1) is 11.3 Å². The van der Waals surface area contributed by atoms with Gasteiger partial charge >= 0.3 is 0 Å². The monoisotopic (exact) mass is 312 g/mol. The standard InChI is InChI=1S/C16H12N2OS2/c1-20-16-13(9-17)14(19)18-15(21-16)12-8-4-6-10-5-2-3-7-11(10)12/h2-8,15H,1H3,(H,18,19)/t15-/m1/s1. The lowest BCUT2D eigenvalue weighted by Gasteiger charge is -2.25. The van der Waals surface area contributed by atoms with Crippen LogP contribution in [0.2, 0.25) is 0 Å². The van der Waals surface area contributed by atoms with E-state index in [4.69, 9.17) is 5.26 Å². The Morgan fingerprint density at radius 2 is 2.00 bits per heavy atom. The summed E-state index contributed by atoms with van der Waals surface area (Å²) in [5.41, 5.74) is 1.28. The lowest BCUT2D eigenvalue weighted by Crippen LogP contribution is -2.31. The number of carbonyl (C=O) groups excluding carboxylic acids is 1. The molecule has 21 heavy (non-hydrogen) atoms. The van der Waals surface area contributed by atoms with E-state index in [1.54, 1.807) is 0 Å². The predicted molar refractivity (Wildman–Crippen MR) is 88.6 cm³/mol. The molecule has 0 aromatic heterocycles. The number of carbonyl (C=O) groups is 1. The molecule has 0 spiro atoms. The van der Waals surface area contributed by atoms with Gasteiger partial charge in [0.1, 0.15) is 17.0 Å². The molecule has 1 atom stereocenters. The Bertz CT molecular complexity index is 787. The molecular formula is C16H12N2OS2. The number of nitrogens with zero attached hydrogens (tertiary/aromatic N) is 1. The molecule has 1 aliphatic rings. The van der Waals surface area contributed by atoms with Gasteiger partial charge < -0.3 is 5.32 Å². The lowest BCUT2D eigenvalue weighted by molar-refractivity contribution is -0.117. The summed E-state index contributed by atoms with van der Waals surface area (Å²) in [4.78, 5) is 12.1. The molecule has 0 aliphatic carbocycles. The highest BCUT2D eigenvalue weighted by Gasteiger charge is 2.29. The van der Waals surface area contributed by atoms with Crippen LogP contribution in [0.3, 0.4) is 0 Å². The molecule has 0 saturated heterocycles. The van der Waals surface area contributed by atoms with Crippen molar-refractivity contribution < 1.29 is 4.79 Å². The van der Waals surface area contributed by atoms with Crippen LogP contribution >= 0.6 is 23.5 Å². The van der Waals surface area contributed by atoms with Crippen LogP contribution in [0.4, 0.5) is 0 Å². The van der Waals surface area contributed by atoms with Crippen molar-refractivity contribution in [1.29, 1.82) is 5.26 Å². The summed E-state index contributed by atoms with van der Waals surface area (Å²) in [5, 5.41) is 14.1. The quantitative estimate of drug-likeness (QED) is 0.916. The second kappa shape index (κ2) is 5.84. The van der Waals surface area contributed by atoms with Gasteiger partial charge in [-0.1, -0.05) is 54.2 Å². The molecule has 5 heteroatoms. The van der Waals surface area contributed by atoms with E-state index in [1.165, 1.54) is 23.5 Å². The summed E-state index contributed by atoms with van der Waals surface area (Å²) in [6.45, 7) is 0.